The van der Waals surface area contributed by atoms with Crippen LogP contribution in [0.15, 0.2) is 24.3 Å². The molecule has 1 heterocycles. The van der Waals surface area contributed by atoms with Crippen LogP contribution in [0, 0.1) is 23.2 Å². The summed E-state index contributed by atoms with van der Waals surface area (Å²) in [5, 5.41) is 8.74. The predicted octanol–water partition coefficient (Wildman–Crippen LogP) is 1.85. The van der Waals surface area contributed by atoms with E-state index in [9.17, 15) is 9.59 Å². The molecule has 2 bridgehead atoms. The molecule has 90 valence electrons. The van der Waals surface area contributed by atoms with E-state index in [4.69, 9.17) is 5.26 Å². The maximum absolute atomic E-state index is 12.2. The number of rotatable bonds is 1. The fraction of sp³-hybridized carbons (Fsp3) is 0.357. The van der Waals surface area contributed by atoms with E-state index in [0.29, 0.717) is 17.7 Å². The van der Waals surface area contributed by atoms with Crippen LogP contribution in [0.4, 0.5) is 5.69 Å². The van der Waals surface area contributed by atoms with E-state index >= 15 is 0 Å². The highest BCUT2D eigenvalue weighted by Gasteiger charge is 2.45. The molecule has 2 amide bonds. The maximum Gasteiger partial charge on any atom is 0.236 e. The molecule has 2 unspecified atom stereocenters. The number of amides is 2. The van der Waals surface area contributed by atoms with Crippen LogP contribution in [0.1, 0.15) is 24.8 Å². The van der Waals surface area contributed by atoms with Crippen LogP contribution in [0.3, 0.4) is 0 Å². The van der Waals surface area contributed by atoms with E-state index < -0.39 is 0 Å². The maximum atomic E-state index is 12.2. The van der Waals surface area contributed by atoms with Crippen LogP contribution >= 0.6 is 0 Å². The van der Waals surface area contributed by atoms with Gasteiger partial charge in [-0.05, 0) is 43.5 Å². The summed E-state index contributed by atoms with van der Waals surface area (Å²) >= 11 is 0. The van der Waals surface area contributed by atoms with Crippen molar-refractivity contribution in [1.82, 2.24) is 0 Å². The monoisotopic (exact) mass is 240 g/mol. The zero-order valence-electron chi connectivity index (χ0n) is 9.80. The van der Waals surface area contributed by atoms with E-state index in [2.05, 4.69) is 0 Å². The minimum Gasteiger partial charge on any atom is -0.274 e. The van der Waals surface area contributed by atoms with E-state index in [1.165, 1.54) is 4.90 Å². The number of nitrogens with zero attached hydrogens (tertiary/aromatic N) is 2. The minimum atomic E-state index is -0.0848. The van der Waals surface area contributed by atoms with Crippen molar-refractivity contribution >= 4 is 17.5 Å². The summed E-state index contributed by atoms with van der Waals surface area (Å²) in [5.74, 6) is -0.163. The number of hydrogen-bond acceptors (Lipinski definition) is 3. The average Bonchev–Trinajstić information content (AvgIpc) is 2.85. The summed E-state index contributed by atoms with van der Waals surface area (Å²) in [4.78, 5) is 25.7. The zero-order chi connectivity index (χ0) is 12.7. The lowest BCUT2D eigenvalue weighted by Gasteiger charge is -2.29. The Labute approximate surface area is 105 Å². The molecule has 1 aromatic carbocycles. The molecule has 1 aliphatic heterocycles. The number of anilines is 1. The first-order valence-corrected chi connectivity index (χ1v) is 6.08. The summed E-state index contributed by atoms with van der Waals surface area (Å²) < 4.78 is 0. The van der Waals surface area contributed by atoms with Crippen molar-refractivity contribution < 1.29 is 9.59 Å². The first-order chi connectivity index (χ1) is 8.70. The second-order valence-corrected chi connectivity index (χ2v) is 4.88. The number of hydrogen-bond donors (Lipinski definition) is 0. The Morgan fingerprint density at radius 3 is 2.11 bits per heavy atom. The van der Waals surface area contributed by atoms with E-state index in [1.807, 2.05) is 6.07 Å². The zero-order valence-corrected chi connectivity index (χ0v) is 9.80. The van der Waals surface area contributed by atoms with E-state index in [0.717, 1.165) is 12.8 Å². The lowest BCUT2D eigenvalue weighted by atomic mass is 9.96. The molecule has 1 aromatic rings. The minimum absolute atomic E-state index is 0.00310. The molecule has 0 aromatic heterocycles. The Hall–Kier alpha value is -2.15. The summed E-state index contributed by atoms with van der Waals surface area (Å²) in [6.07, 6.45) is 2.36. The highest BCUT2D eigenvalue weighted by Crippen LogP contribution is 2.39. The van der Waals surface area contributed by atoms with Gasteiger partial charge in [-0.15, -0.1) is 0 Å². The van der Waals surface area contributed by atoms with Crippen LogP contribution in [0.25, 0.3) is 0 Å². The second-order valence-electron chi connectivity index (χ2n) is 4.88. The molecule has 0 radical (unpaired) electrons. The smallest absolute Gasteiger partial charge is 0.236 e. The Kier molecular flexibility index (Phi) is 2.41. The van der Waals surface area contributed by atoms with Crippen molar-refractivity contribution in [1.29, 1.82) is 5.26 Å². The molecule has 2 fully saturated rings. The van der Waals surface area contributed by atoms with Gasteiger partial charge < -0.3 is 0 Å². The third kappa shape index (κ3) is 1.52. The van der Waals surface area contributed by atoms with Crippen molar-refractivity contribution in [3.8, 4) is 6.07 Å². The third-order valence-corrected chi connectivity index (χ3v) is 3.83. The normalized spacial score (nSPS) is 26.3. The first-order valence-electron chi connectivity index (χ1n) is 6.08. The lowest BCUT2D eigenvalue weighted by molar-refractivity contribution is -0.132. The molecule has 0 spiro atoms. The van der Waals surface area contributed by atoms with Crippen molar-refractivity contribution in [2.24, 2.45) is 11.8 Å². The van der Waals surface area contributed by atoms with Gasteiger partial charge in [0.2, 0.25) is 11.8 Å². The molecule has 2 aliphatic rings. The topological polar surface area (TPSA) is 61.2 Å². The summed E-state index contributed by atoms with van der Waals surface area (Å²) in [6, 6.07) is 8.62. The molecule has 3 rings (SSSR count). The van der Waals surface area contributed by atoms with Crippen molar-refractivity contribution in [2.45, 2.75) is 19.3 Å². The first kappa shape index (κ1) is 11.0. The number of imide groups is 1. The highest BCUT2D eigenvalue weighted by molar-refractivity contribution is 6.18. The summed E-state index contributed by atoms with van der Waals surface area (Å²) in [6.45, 7) is 0. The highest BCUT2D eigenvalue weighted by atomic mass is 16.2. The van der Waals surface area contributed by atoms with Crippen LogP contribution in [0.5, 0.6) is 0 Å². The molecule has 1 saturated heterocycles. The van der Waals surface area contributed by atoms with E-state index in [1.54, 1.807) is 24.3 Å². The molecule has 4 nitrogen and oxygen atoms in total. The van der Waals surface area contributed by atoms with Crippen molar-refractivity contribution in [2.75, 3.05) is 4.90 Å². The molecule has 2 atom stereocenters. The Bertz CT molecular complexity index is 534. The number of carbonyl (C=O) groups is 2. The van der Waals surface area contributed by atoms with Gasteiger partial charge in [-0.1, -0.05) is 0 Å². The van der Waals surface area contributed by atoms with Crippen LogP contribution in [0.2, 0.25) is 0 Å². The van der Waals surface area contributed by atoms with Gasteiger partial charge in [-0.2, -0.15) is 5.26 Å². The standard InChI is InChI=1S/C14H12N2O2/c15-8-9-1-5-12(6-2-9)16-13(17)10-3-4-11(7-10)14(16)18/h1-2,5-6,10-11H,3-4,7H2. The van der Waals surface area contributed by atoms with Gasteiger partial charge in [-0.3, -0.25) is 14.5 Å². The molecule has 0 N–H and O–H groups in total. The summed E-state index contributed by atoms with van der Waals surface area (Å²) in [5.41, 5.74) is 1.11. The molecule has 18 heavy (non-hydrogen) atoms. The largest absolute Gasteiger partial charge is 0.274 e. The lowest BCUT2D eigenvalue weighted by Crippen LogP contribution is -2.46. The number of fused-ring (bicyclic) bond motifs is 2. The number of nitriles is 1. The molecular formula is C14H12N2O2. The average molecular weight is 240 g/mol. The van der Waals surface area contributed by atoms with Gasteiger partial charge in [-0.25, -0.2) is 0 Å². The van der Waals surface area contributed by atoms with Crippen LogP contribution < -0.4 is 4.90 Å². The second kappa shape index (κ2) is 3.95. The fourth-order valence-electron chi connectivity index (χ4n) is 2.84. The Morgan fingerprint density at radius 1 is 1.06 bits per heavy atom. The summed E-state index contributed by atoms with van der Waals surface area (Å²) in [7, 11) is 0. The predicted molar refractivity (Wildman–Crippen MR) is 64.5 cm³/mol. The molecule has 1 aliphatic carbocycles. The number of benzene rings is 1. The van der Waals surface area contributed by atoms with Gasteiger partial charge in [0.25, 0.3) is 0 Å². The SMILES string of the molecule is N#Cc1ccc(N2C(=O)C3CCC(C3)C2=O)cc1. The van der Waals surface area contributed by atoms with Crippen molar-refractivity contribution in [3.05, 3.63) is 29.8 Å². The van der Waals surface area contributed by atoms with Crippen LogP contribution in [-0.4, -0.2) is 11.8 Å². The Balaban J connectivity index is 1.97. The third-order valence-electron chi connectivity index (χ3n) is 3.83. The quantitative estimate of drug-likeness (QED) is 0.704. The van der Waals surface area contributed by atoms with Gasteiger partial charge in [0, 0.05) is 11.8 Å². The van der Waals surface area contributed by atoms with E-state index in [-0.39, 0.29) is 23.7 Å². The molecule has 4 heteroatoms. The van der Waals surface area contributed by atoms with Gasteiger partial charge in [0.1, 0.15) is 0 Å². The van der Waals surface area contributed by atoms with Gasteiger partial charge >= 0.3 is 0 Å². The van der Waals surface area contributed by atoms with Crippen molar-refractivity contribution in [3.63, 3.8) is 0 Å². The molecular weight excluding hydrogens is 228 g/mol. The molecule has 1 saturated carbocycles. The Morgan fingerprint density at radius 2 is 1.61 bits per heavy atom. The van der Waals surface area contributed by atoms with Crippen LogP contribution in [-0.2, 0) is 9.59 Å². The van der Waals surface area contributed by atoms with Gasteiger partial charge in [0.15, 0.2) is 0 Å². The fourth-order valence-corrected chi connectivity index (χ4v) is 2.84. The number of piperidine rings is 1. The van der Waals surface area contributed by atoms with Gasteiger partial charge in [0.05, 0.1) is 17.3 Å². The number of carbonyl (C=O) groups excluding carboxylic acids is 2.